The molecule has 0 saturated carbocycles. The number of aldehydes is 1. The Bertz CT molecular complexity index is 626. The molecule has 0 aliphatic heterocycles. The summed E-state index contributed by atoms with van der Waals surface area (Å²) in [5, 5.41) is 2.66. The molecule has 2 aromatic rings. The Morgan fingerprint density at radius 3 is 2.32 bits per heavy atom. The molecule has 5 heteroatoms. The lowest BCUT2D eigenvalue weighted by Crippen LogP contribution is -2.12. The van der Waals surface area contributed by atoms with Gasteiger partial charge < -0.3 is 10.3 Å². The molecule has 0 saturated heterocycles. The van der Waals surface area contributed by atoms with Crippen molar-refractivity contribution < 1.29 is 14.4 Å². The Morgan fingerprint density at radius 2 is 1.79 bits per heavy atom. The number of nitrogens with one attached hydrogen (secondary N) is 2. The van der Waals surface area contributed by atoms with Gasteiger partial charge in [0.25, 0.3) is 5.91 Å². The number of aromatic amines is 1. The van der Waals surface area contributed by atoms with E-state index in [1.165, 1.54) is 19.1 Å². The fraction of sp³-hybridized carbons (Fsp3) is 0.0714. The molecule has 0 spiro atoms. The van der Waals surface area contributed by atoms with Crippen LogP contribution in [-0.2, 0) is 0 Å². The molecule has 1 heterocycles. The Labute approximate surface area is 109 Å². The minimum Gasteiger partial charge on any atom is -0.348 e. The molecule has 1 amide bonds. The van der Waals surface area contributed by atoms with Crippen molar-refractivity contribution in [2.45, 2.75) is 6.92 Å². The Balaban J connectivity index is 2.10. The lowest BCUT2D eigenvalue weighted by molar-refractivity contribution is 0.101. The summed E-state index contributed by atoms with van der Waals surface area (Å²) in [6.45, 7) is 1.48. The van der Waals surface area contributed by atoms with Gasteiger partial charge in [-0.25, -0.2) is 0 Å². The number of carbonyl (C=O) groups is 3. The van der Waals surface area contributed by atoms with E-state index in [0.29, 0.717) is 28.9 Å². The highest BCUT2D eigenvalue weighted by atomic mass is 16.2. The van der Waals surface area contributed by atoms with Gasteiger partial charge in [0, 0.05) is 11.3 Å². The van der Waals surface area contributed by atoms with Crippen molar-refractivity contribution in [3.8, 4) is 0 Å². The van der Waals surface area contributed by atoms with Crippen LogP contribution in [0.3, 0.4) is 0 Å². The van der Waals surface area contributed by atoms with Crippen molar-refractivity contribution in [3.05, 3.63) is 53.3 Å². The standard InChI is InChI=1S/C14H12N2O3/c1-9(18)10-2-4-11(5-3-10)16-14(19)13-7-6-12(8-17)15-13/h2-8,15H,1H3,(H,16,19). The first-order valence-electron chi connectivity index (χ1n) is 5.66. The smallest absolute Gasteiger partial charge is 0.272 e. The fourth-order valence-corrected chi connectivity index (χ4v) is 1.60. The molecule has 19 heavy (non-hydrogen) atoms. The number of rotatable bonds is 4. The van der Waals surface area contributed by atoms with Gasteiger partial charge in [-0.1, -0.05) is 0 Å². The minimum absolute atomic E-state index is 0.0298. The van der Waals surface area contributed by atoms with Crippen LogP contribution in [0, 0.1) is 0 Å². The van der Waals surface area contributed by atoms with Crippen LogP contribution in [0.15, 0.2) is 36.4 Å². The largest absolute Gasteiger partial charge is 0.348 e. The maximum Gasteiger partial charge on any atom is 0.272 e. The van der Waals surface area contributed by atoms with E-state index in [1.54, 1.807) is 24.3 Å². The van der Waals surface area contributed by atoms with Crippen LogP contribution >= 0.6 is 0 Å². The average Bonchev–Trinajstić information content (AvgIpc) is 2.88. The highest BCUT2D eigenvalue weighted by Gasteiger charge is 2.08. The molecule has 1 aromatic heterocycles. The van der Waals surface area contributed by atoms with Gasteiger partial charge in [-0.15, -0.1) is 0 Å². The fourth-order valence-electron chi connectivity index (χ4n) is 1.60. The highest BCUT2D eigenvalue weighted by Crippen LogP contribution is 2.11. The van der Waals surface area contributed by atoms with Crippen LogP contribution in [0.25, 0.3) is 0 Å². The minimum atomic E-state index is -0.344. The second-order valence-corrected chi connectivity index (χ2v) is 4.03. The van der Waals surface area contributed by atoms with Crippen LogP contribution in [0.2, 0.25) is 0 Å². The number of ketones is 1. The third-order valence-corrected chi connectivity index (χ3v) is 2.63. The summed E-state index contributed by atoms with van der Waals surface area (Å²) in [6, 6.07) is 9.65. The number of hydrogen-bond acceptors (Lipinski definition) is 3. The maximum absolute atomic E-state index is 11.8. The Morgan fingerprint density at radius 1 is 1.11 bits per heavy atom. The summed E-state index contributed by atoms with van der Waals surface area (Å²) in [5.41, 5.74) is 1.81. The molecule has 2 N–H and O–H groups in total. The molecule has 0 aliphatic carbocycles. The van der Waals surface area contributed by atoms with E-state index in [9.17, 15) is 14.4 Å². The SMILES string of the molecule is CC(=O)c1ccc(NC(=O)c2ccc(C=O)[nH]2)cc1. The number of benzene rings is 1. The monoisotopic (exact) mass is 256 g/mol. The number of aromatic nitrogens is 1. The van der Waals surface area contributed by atoms with E-state index >= 15 is 0 Å². The summed E-state index contributed by atoms with van der Waals surface area (Å²) < 4.78 is 0. The van der Waals surface area contributed by atoms with E-state index in [1.807, 2.05) is 0 Å². The first kappa shape index (κ1) is 12.8. The van der Waals surface area contributed by atoms with Gasteiger partial charge in [0.15, 0.2) is 12.1 Å². The van der Waals surface area contributed by atoms with Crippen molar-refractivity contribution in [1.29, 1.82) is 0 Å². The van der Waals surface area contributed by atoms with Gasteiger partial charge in [-0.2, -0.15) is 0 Å². The molecular weight excluding hydrogens is 244 g/mol. The molecule has 96 valence electrons. The van der Waals surface area contributed by atoms with Gasteiger partial charge in [0.2, 0.25) is 0 Å². The topological polar surface area (TPSA) is 79.0 Å². The normalized spacial score (nSPS) is 9.95. The quantitative estimate of drug-likeness (QED) is 0.650. The van der Waals surface area contributed by atoms with Crippen molar-refractivity contribution in [1.82, 2.24) is 4.98 Å². The predicted molar refractivity (Wildman–Crippen MR) is 70.6 cm³/mol. The number of H-pyrrole nitrogens is 1. The van der Waals surface area contributed by atoms with E-state index in [0.717, 1.165) is 0 Å². The molecule has 0 unspecified atom stereocenters. The second-order valence-electron chi connectivity index (χ2n) is 4.03. The van der Waals surface area contributed by atoms with Gasteiger partial charge in [-0.3, -0.25) is 14.4 Å². The van der Waals surface area contributed by atoms with Crippen molar-refractivity contribution in [3.63, 3.8) is 0 Å². The molecule has 1 aromatic carbocycles. The summed E-state index contributed by atoms with van der Waals surface area (Å²) in [5.74, 6) is -0.374. The predicted octanol–water partition coefficient (Wildman–Crippen LogP) is 2.28. The van der Waals surface area contributed by atoms with Gasteiger partial charge in [0.05, 0.1) is 5.69 Å². The molecule has 0 bridgehead atoms. The number of amides is 1. The highest BCUT2D eigenvalue weighted by molar-refractivity contribution is 6.03. The number of anilines is 1. The zero-order chi connectivity index (χ0) is 13.8. The van der Waals surface area contributed by atoms with Crippen LogP contribution < -0.4 is 5.32 Å². The van der Waals surface area contributed by atoms with E-state index in [-0.39, 0.29) is 11.7 Å². The van der Waals surface area contributed by atoms with Crippen LogP contribution in [-0.4, -0.2) is 23.0 Å². The van der Waals surface area contributed by atoms with Crippen molar-refractivity contribution in [2.75, 3.05) is 5.32 Å². The van der Waals surface area contributed by atoms with Crippen molar-refractivity contribution >= 4 is 23.7 Å². The third-order valence-electron chi connectivity index (χ3n) is 2.63. The van der Waals surface area contributed by atoms with Gasteiger partial charge in [0.1, 0.15) is 5.69 Å². The molecule has 0 fully saturated rings. The molecule has 0 radical (unpaired) electrons. The van der Waals surface area contributed by atoms with Crippen LogP contribution in [0.4, 0.5) is 5.69 Å². The zero-order valence-electron chi connectivity index (χ0n) is 10.3. The molecule has 5 nitrogen and oxygen atoms in total. The zero-order valence-corrected chi connectivity index (χ0v) is 10.3. The van der Waals surface area contributed by atoms with Gasteiger partial charge >= 0.3 is 0 Å². The summed E-state index contributed by atoms with van der Waals surface area (Å²) in [6.07, 6.45) is 0.637. The third kappa shape index (κ3) is 2.95. The lowest BCUT2D eigenvalue weighted by atomic mass is 10.1. The van der Waals surface area contributed by atoms with E-state index in [2.05, 4.69) is 10.3 Å². The number of hydrogen-bond donors (Lipinski definition) is 2. The lowest BCUT2D eigenvalue weighted by Gasteiger charge is -2.04. The molecule has 0 aliphatic rings. The van der Waals surface area contributed by atoms with E-state index < -0.39 is 0 Å². The summed E-state index contributed by atoms with van der Waals surface area (Å²) >= 11 is 0. The Kier molecular flexibility index (Phi) is 3.56. The Hall–Kier alpha value is -2.69. The van der Waals surface area contributed by atoms with Crippen molar-refractivity contribution in [2.24, 2.45) is 0 Å². The summed E-state index contributed by atoms with van der Waals surface area (Å²) in [4.78, 5) is 36.1. The number of Topliss-reactive ketones (excluding diaryl/α,β-unsaturated/α-hetero) is 1. The van der Waals surface area contributed by atoms with Crippen LogP contribution in [0.1, 0.15) is 38.3 Å². The number of carbonyl (C=O) groups excluding carboxylic acids is 3. The molecular formula is C14H12N2O3. The first-order valence-corrected chi connectivity index (χ1v) is 5.66. The molecule has 0 atom stereocenters. The second kappa shape index (κ2) is 5.30. The first-order chi connectivity index (χ1) is 9.10. The van der Waals surface area contributed by atoms with Crippen LogP contribution in [0.5, 0.6) is 0 Å². The van der Waals surface area contributed by atoms with E-state index in [4.69, 9.17) is 0 Å². The average molecular weight is 256 g/mol. The maximum atomic E-state index is 11.8. The molecule has 2 rings (SSSR count). The van der Waals surface area contributed by atoms with Gasteiger partial charge in [-0.05, 0) is 43.3 Å². The summed E-state index contributed by atoms with van der Waals surface area (Å²) in [7, 11) is 0.